The zero-order valence-electron chi connectivity index (χ0n) is 11.9. The smallest absolute Gasteiger partial charge is 0.299 e. The van der Waals surface area contributed by atoms with Crippen molar-refractivity contribution in [2.24, 2.45) is 0 Å². The lowest BCUT2D eigenvalue weighted by Gasteiger charge is -2.15. The summed E-state index contributed by atoms with van der Waals surface area (Å²) in [5, 5.41) is 0. The minimum absolute atomic E-state index is 0.159. The van der Waals surface area contributed by atoms with E-state index in [1.54, 1.807) is 36.4 Å². The van der Waals surface area contributed by atoms with Gasteiger partial charge in [-0.05, 0) is 18.2 Å². The van der Waals surface area contributed by atoms with E-state index in [-0.39, 0.29) is 17.9 Å². The van der Waals surface area contributed by atoms with Crippen LogP contribution in [0.2, 0.25) is 0 Å². The lowest BCUT2D eigenvalue weighted by molar-refractivity contribution is -0.114. The summed E-state index contributed by atoms with van der Waals surface area (Å²) in [5.41, 5.74) is 1.22. The van der Waals surface area contributed by atoms with Gasteiger partial charge >= 0.3 is 0 Å². The molecule has 0 radical (unpaired) electrons. The monoisotopic (exact) mass is 295 g/mol. The molecule has 22 heavy (non-hydrogen) atoms. The Bertz CT molecular complexity index is 767. The molecule has 2 aromatic rings. The van der Waals surface area contributed by atoms with E-state index in [0.29, 0.717) is 17.0 Å². The highest BCUT2D eigenvalue weighted by Gasteiger charge is 2.37. The van der Waals surface area contributed by atoms with Gasteiger partial charge in [-0.1, -0.05) is 30.3 Å². The Balaban J connectivity index is 1.91. The Morgan fingerprint density at radius 2 is 1.82 bits per heavy atom. The van der Waals surface area contributed by atoms with Crippen molar-refractivity contribution in [1.82, 2.24) is 0 Å². The van der Waals surface area contributed by atoms with Gasteiger partial charge in [-0.3, -0.25) is 19.3 Å². The summed E-state index contributed by atoms with van der Waals surface area (Å²) in [6, 6.07) is 13.5. The quantitative estimate of drug-likeness (QED) is 0.640. The van der Waals surface area contributed by atoms with Crippen LogP contribution in [0.1, 0.15) is 20.7 Å². The van der Waals surface area contributed by atoms with Crippen LogP contribution >= 0.6 is 0 Å². The lowest BCUT2D eigenvalue weighted by Crippen LogP contribution is -2.34. The van der Waals surface area contributed by atoms with Gasteiger partial charge in [0.1, 0.15) is 5.75 Å². The van der Waals surface area contributed by atoms with E-state index in [4.69, 9.17) is 4.74 Å². The molecule has 5 heteroatoms. The fourth-order valence-corrected chi connectivity index (χ4v) is 2.42. The molecule has 1 heterocycles. The van der Waals surface area contributed by atoms with E-state index in [1.807, 2.05) is 6.07 Å². The molecule has 110 valence electrons. The largest absolute Gasteiger partial charge is 0.497 e. The summed E-state index contributed by atoms with van der Waals surface area (Å²) in [4.78, 5) is 37.6. The van der Waals surface area contributed by atoms with Crippen molar-refractivity contribution in [2.45, 2.75) is 0 Å². The first kappa shape index (κ1) is 14.0. The number of ether oxygens (including phenoxy) is 1. The second kappa shape index (κ2) is 5.44. The summed E-state index contributed by atoms with van der Waals surface area (Å²) < 4.78 is 5.06. The van der Waals surface area contributed by atoms with Crippen LogP contribution in [0.25, 0.3) is 0 Å². The maximum absolute atomic E-state index is 12.3. The van der Waals surface area contributed by atoms with Gasteiger partial charge in [0.2, 0.25) is 0 Å². The third kappa shape index (κ3) is 2.26. The summed E-state index contributed by atoms with van der Waals surface area (Å²) in [5.74, 6) is -1.02. The molecule has 0 saturated carbocycles. The van der Waals surface area contributed by atoms with Crippen LogP contribution in [0.5, 0.6) is 5.75 Å². The Hall–Kier alpha value is -2.95. The molecule has 0 aliphatic carbocycles. The van der Waals surface area contributed by atoms with Gasteiger partial charge in [0.15, 0.2) is 5.78 Å². The van der Waals surface area contributed by atoms with Crippen molar-refractivity contribution in [1.29, 1.82) is 0 Å². The molecule has 2 aromatic carbocycles. The number of hydrogen-bond acceptors (Lipinski definition) is 4. The molecule has 0 bridgehead atoms. The van der Waals surface area contributed by atoms with Crippen molar-refractivity contribution in [3.8, 4) is 5.75 Å². The Labute approximate surface area is 127 Å². The molecule has 0 N–H and O–H groups in total. The standard InChI is InChI=1S/C17H13NO4/c1-22-12-7-8-14-13(9-12)16(20)17(21)18(14)10-15(19)11-5-3-2-4-6-11/h2-9H,10H2,1H3. The Kier molecular flexibility index (Phi) is 3.47. The minimum atomic E-state index is -0.687. The molecule has 0 spiro atoms. The normalized spacial score (nSPS) is 13.2. The van der Waals surface area contributed by atoms with Gasteiger partial charge in [0, 0.05) is 5.56 Å². The molecule has 0 fully saturated rings. The number of nitrogens with zero attached hydrogens (tertiary/aromatic N) is 1. The first-order valence-electron chi connectivity index (χ1n) is 6.74. The summed E-state index contributed by atoms with van der Waals surface area (Å²) in [6.07, 6.45) is 0. The predicted octanol–water partition coefficient (Wildman–Crippen LogP) is 2.11. The van der Waals surface area contributed by atoms with Crippen LogP contribution in [0, 0.1) is 0 Å². The van der Waals surface area contributed by atoms with E-state index >= 15 is 0 Å². The van der Waals surface area contributed by atoms with Gasteiger partial charge in [0.05, 0.1) is 24.9 Å². The number of benzene rings is 2. The fourth-order valence-electron chi connectivity index (χ4n) is 2.42. The van der Waals surface area contributed by atoms with E-state index in [0.717, 1.165) is 0 Å². The molecule has 1 aliphatic rings. The van der Waals surface area contributed by atoms with Crippen molar-refractivity contribution in [2.75, 3.05) is 18.6 Å². The average molecular weight is 295 g/mol. The second-order valence-electron chi connectivity index (χ2n) is 4.89. The Morgan fingerprint density at radius 1 is 1.09 bits per heavy atom. The zero-order chi connectivity index (χ0) is 15.7. The summed E-state index contributed by atoms with van der Waals surface area (Å²) in [6.45, 7) is -0.159. The third-order valence-electron chi connectivity index (χ3n) is 3.58. The van der Waals surface area contributed by atoms with Crippen LogP contribution in [-0.4, -0.2) is 31.1 Å². The van der Waals surface area contributed by atoms with E-state index in [1.165, 1.54) is 18.1 Å². The number of carbonyl (C=O) groups is 3. The average Bonchev–Trinajstić information content (AvgIpc) is 2.80. The molecule has 1 amide bonds. The van der Waals surface area contributed by atoms with Crippen molar-refractivity contribution in [3.63, 3.8) is 0 Å². The van der Waals surface area contributed by atoms with Crippen molar-refractivity contribution >= 4 is 23.2 Å². The van der Waals surface area contributed by atoms with E-state index in [9.17, 15) is 14.4 Å². The molecule has 1 aliphatic heterocycles. The summed E-state index contributed by atoms with van der Waals surface area (Å²) in [7, 11) is 1.49. The molecular formula is C17H13NO4. The molecule has 0 saturated heterocycles. The van der Waals surface area contributed by atoms with E-state index < -0.39 is 11.7 Å². The number of Topliss-reactive ketones (excluding diaryl/α,β-unsaturated/α-hetero) is 2. The van der Waals surface area contributed by atoms with Crippen LogP contribution in [0.4, 0.5) is 5.69 Å². The maximum atomic E-state index is 12.3. The van der Waals surface area contributed by atoms with Gasteiger partial charge in [-0.2, -0.15) is 0 Å². The number of anilines is 1. The van der Waals surface area contributed by atoms with Gasteiger partial charge in [0.25, 0.3) is 11.7 Å². The van der Waals surface area contributed by atoms with Crippen LogP contribution in [0.3, 0.4) is 0 Å². The lowest BCUT2D eigenvalue weighted by atomic mass is 10.1. The van der Waals surface area contributed by atoms with Crippen LogP contribution in [-0.2, 0) is 4.79 Å². The number of methoxy groups -OCH3 is 1. The van der Waals surface area contributed by atoms with Gasteiger partial charge in [-0.25, -0.2) is 0 Å². The number of amides is 1. The highest BCUT2D eigenvalue weighted by molar-refractivity contribution is 6.52. The number of ketones is 2. The molecular weight excluding hydrogens is 282 g/mol. The van der Waals surface area contributed by atoms with Crippen molar-refractivity contribution in [3.05, 3.63) is 59.7 Å². The van der Waals surface area contributed by atoms with Crippen LogP contribution < -0.4 is 9.64 Å². The highest BCUT2D eigenvalue weighted by Crippen LogP contribution is 2.32. The fraction of sp³-hybridized carbons (Fsp3) is 0.118. The summed E-state index contributed by atoms with van der Waals surface area (Å²) >= 11 is 0. The molecule has 0 aromatic heterocycles. The highest BCUT2D eigenvalue weighted by atomic mass is 16.5. The molecule has 3 rings (SSSR count). The Morgan fingerprint density at radius 3 is 2.50 bits per heavy atom. The number of carbonyl (C=O) groups excluding carboxylic acids is 3. The SMILES string of the molecule is COc1ccc2c(c1)C(=O)C(=O)N2CC(=O)c1ccccc1. The molecule has 5 nitrogen and oxygen atoms in total. The topological polar surface area (TPSA) is 63.7 Å². The number of fused-ring (bicyclic) bond motifs is 1. The van der Waals surface area contributed by atoms with E-state index in [2.05, 4.69) is 0 Å². The van der Waals surface area contributed by atoms with Crippen LogP contribution in [0.15, 0.2) is 48.5 Å². The number of hydrogen-bond donors (Lipinski definition) is 0. The first-order chi connectivity index (χ1) is 10.6. The van der Waals surface area contributed by atoms with Gasteiger partial charge < -0.3 is 4.74 Å². The molecule has 0 atom stereocenters. The second-order valence-corrected chi connectivity index (χ2v) is 4.89. The van der Waals surface area contributed by atoms with Crippen molar-refractivity contribution < 1.29 is 19.1 Å². The minimum Gasteiger partial charge on any atom is -0.497 e. The zero-order valence-corrected chi connectivity index (χ0v) is 11.9. The number of rotatable bonds is 4. The third-order valence-corrected chi connectivity index (χ3v) is 3.58. The molecule has 0 unspecified atom stereocenters. The maximum Gasteiger partial charge on any atom is 0.299 e. The first-order valence-corrected chi connectivity index (χ1v) is 6.74. The predicted molar refractivity (Wildman–Crippen MR) is 80.5 cm³/mol. The van der Waals surface area contributed by atoms with Gasteiger partial charge in [-0.15, -0.1) is 0 Å².